The lowest BCUT2D eigenvalue weighted by atomic mass is 10.1. The van der Waals surface area contributed by atoms with Gasteiger partial charge in [-0.1, -0.05) is 18.2 Å². The maximum Gasteiger partial charge on any atom is 0.238 e. The highest BCUT2D eigenvalue weighted by atomic mass is 16.5. The highest BCUT2D eigenvalue weighted by Crippen LogP contribution is 2.35. The summed E-state index contributed by atoms with van der Waals surface area (Å²) in [4.78, 5) is 18.5. The number of ether oxygens (including phenoxy) is 1. The average molecular weight is 381 g/mol. The molecule has 0 saturated heterocycles. The van der Waals surface area contributed by atoms with Crippen LogP contribution in [0.4, 0.5) is 5.69 Å². The maximum absolute atomic E-state index is 6.01. The van der Waals surface area contributed by atoms with Crippen LogP contribution >= 0.6 is 0 Å². The van der Waals surface area contributed by atoms with Crippen LogP contribution in [0.3, 0.4) is 0 Å². The van der Waals surface area contributed by atoms with E-state index in [0.717, 1.165) is 41.0 Å². The Bertz CT molecular complexity index is 1240. The number of aromatic nitrogens is 4. The van der Waals surface area contributed by atoms with Crippen LogP contribution in [-0.2, 0) is 12.8 Å². The number of aryl methyl sites for hydroxylation is 2. The van der Waals surface area contributed by atoms with Crippen molar-refractivity contribution in [1.29, 1.82) is 0 Å². The molecular weight excluding hydrogens is 362 g/mol. The van der Waals surface area contributed by atoms with Crippen molar-refractivity contribution in [3.05, 3.63) is 71.7 Å². The van der Waals surface area contributed by atoms with E-state index < -0.39 is 0 Å². The van der Waals surface area contributed by atoms with Gasteiger partial charge in [-0.3, -0.25) is 9.97 Å². The summed E-state index contributed by atoms with van der Waals surface area (Å²) in [5.74, 6) is 0.600. The van der Waals surface area contributed by atoms with Gasteiger partial charge in [-0.15, -0.1) is 0 Å². The molecule has 1 unspecified atom stereocenters. The zero-order valence-corrected chi connectivity index (χ0v) is 15.8. The summed E-state index contributed by atoms with van der Waals surface area (Å²) < 4.78 is 6.01. The molecule has 29 heavy (non-hydrogen) atoms. The zero-order chi connectivity index (χ0) is 19.2. The molecule has 1 N–H and O–H groups in total. The first-order valence-electron chi connectivity index (χ1n) is 9.94. The van der Waals surface area contributed by atoms with Gasteiger partial charge in [-0.25, -0.2) is 9.97 Å². The molecular formula is C23H19N5O. The minimum absolute atomic E-state index is 0.0778. The molecule has 0 fully saturated rings. The molecule has 1 aromatic carbocycles. The monoisotopic (exact) mass is 381 g/mol. The van der Waals surface area contributed by atoms with Crippen LogP contribution in [0.1, 0.15) is 29.3 Å². The first kappa shape index (κ1) is 16.4. The van der Waals surface area contributed by atoms with E-state index in [1.54, 1.807) is 6.20 Å². The van der Waals surface area contributed by atoms with Gasteiger partial charge in [-0.05, 0) is 54.7 Å². The number of benzene rings is 1. The van der Waals surface area contributed by atoms with Crippen LogP contribution in [0.15, 0.2) is 54.9 Å². The number of para-hydroxylation sites is 2. The third-order valence-electron chi connectivity index (χ3n) is 5.63. The Morgan fingerprint density at radius 1 is 0.897 bits per heavy atom. The molecule has 6 rings (SSSR count). The van der Waals surface area contributed by atoms with Gasteiger partial charge in [0.1, 0.15) is 12.3 Å². The van der Waals surface area contributed by atoms with Crippen LogP contribution in [0.5, 0.6) is 5.88 Å². The minimum atomic E-state index is 0.0778. The molecule has 0 bridgehead atoms. The standard InChI is InChI=1S/C23H19N5O/c1-2-6-18-17(5-1)25-12-21(26-18)19-8-9-20-23(28-19)29-13-22(27-20)15-10-14-4-3-7-16(14)24-11-15/h1-2,5-6,8-12,22,27H,3-4,7,13H2. The predicted octanol–water partition coefficient (Wildman–Crippen LogP) is 4.12. The first-order chi connectivity index (χ1) is 14.3. The van der Waals surface area contributed by atoms with Gasteiger partial charge in [0.15, 0.2) is 0 Å². The molecule has 0 radical (unpaired) electrons. The Morgan fingerprint density at radius 2 is 1.83 bits per heavy atom. The Hall–Kier alpha value is -3.54. The van der Waals surface area contributed by atoms with E-state index in [1.807, 2.05) is 42.6 Å². The van der Waals surface area contributed by atoms with E-state index in [-0.39, 0.29) is 6.04 Å². The molecule has 4 aromatic rings. The summed E-state index contributed by atoms with van der Waals surface area (Å²) >= 11 is 0. The van der Waals surface area contributed by atoms with Crippen molar-refractivity contribution in [1.82, 2.24) is 19.9 Å². The lowest BCUT2D eigenvalue weighted by Gasteiger charge is -2.27. The van der Waals surface area contributed by atoms with Gasteiger partial charge in [-0.2, -0.15) is 0 Å². The summed E-state index contributed by atoms with van der Waals surface area (Å²) in [5, 5.41) is 3.55. The van der Waals surface area contributed by atoms with E-state index in [1.165, 1.54) is 23.2 Å². The zero-order valence-electron chi connectivity index (χ0n) is 15.8. The number of rotatable bonds is 2. The van der Waals surface area contributed by atoms with E-state index >= 15 is 0 Å². The fraction of sp³-hybridized carbons (Fsp3) is 0.217. The predicted molar refractivity (Wildman–Crippen MR) is 111 cm³/mol. The van der Waals surface area contributed by atoms with Crippen molar-refractivity contribution in [2.75, 3.05) is 11.9 Å². The molecule has 0 saturated carbocycles. The number of hydrogen-bond donors (Lipinski definition) is 1. The summed E-state index contributed by atoms with van der Waals surface area (Å²) in [7, 11) is 0. The van der Waals surface area contributed by atoms with Gasteiger partial charge in [0, 0.05) is 11.9 Å². The van der Waals surface area contributed by atoms with Gasteiger partial charge in [0.25, 0.3) is 0 Å². The second-order valence-corrected chi connectivity index (χ2v) is 7.53. The van der Waals surface area contributed by atoms with Gasteiger partial charge < -0.3 is 10.1 Å². The van der Waals surface area contributed by atoms with Gasteiger partial charge in [0.05, 0.1) is 34.7 Å². The second-order valence-electron chi connectivity index (χ2n) is 7.53. The van der Waals surface area contributed by atoms with Gasteiger partial charge in [0.2, 0.25) is 5.88 Å². The lowest BCUT2D eigenvalue weighted by Crippen LogP contribution is -2.25. The molecule has 0 spiro atoms. The van der Waals surface area contributed by atoms with E-state index in [4.69, 9.17) is 4.74 Å². The Morgan fingerprint density at radius 3 is 2.79 bits per heavy atom. The fourth-order valence-electron chi connectivity index (χ4n) is 4.09. The van der Waals surface area contributed by atoms with Crippen molar-refractivity contribution in [2.45, 2.75) is 25.3 Å². The highest BCUT2D eigenvalue weighted by molar-refractivity contribution is 5.76. The number of hydrogen-bond acceptors (Lipinski definition) is 6. The summed E-state index contributed by atoms with van der Waals surface area (Å²) in [6.07, 6.45) is 7.15. The molecule has 0 amide bonds. The number of pyridine rings is 2. The van der Waals surface area contributed by atoms with Crippen molar-refractivity contribution in [3.63, 3.8) is 0 Å². The molecule has 1 atom stereocenters. The van der Waals surface area contributed by atoms with E-state index in [0.29, 0.717) is 12.5 Å². The smallest absolute Gasteiger partial charge is 0.238 e. The van der Waals surface area contributed by atoms with Gasteiger partial charge >= 0.3 is 0 Å². The normalized spacial score (nSPS) is 17.3. The Balaban J connectivity index is 1.29. The summed E-state index contributed by atoms with van der Waals surface area (Å²) in [5.41, 5.74) is 7.89. The van der Waals surface area contributed by atoms with E-state index in [2.05, 4.69) is 31.3 Å². The van der Waals surface area contributed by atoms with Crippen LogP contribution < -0.4 is 10.1 Å². The summed E-state index contributed by atoms with van der Waals surface area (Å²) in [6.45, 7) is 0.521. The van der Waals surface area contributed by atoms with Crippen molar-refractivity contribution < 1.29 is 4.74 Å². The topological polar surface area (TPSA) is 72.8 Å². The molecule has 6 heteroatoms. The second kappa shape index (κ2) is 6.51. The Labute approximate surface area is 168 Å². The number of fused-ring (bicyclic) bond motifs is 3. The van der Waals surface area contributed by atoms with Crippen LogP contribution in [0, 0.1) is 0 Å². The molecule has 2 aliphatic rings. The average Bonchev–Trinajstić information content (AvgIpc) is 3.26. The van der Waals surface area contributed by atoms with Crippen LogP contribution in [-0.4, -0.2) is 26.5 Å². The van der Waals surface area contributed by atoms with E-state index in [9.17, 15) is 0 Å². The van der Waals surface area contributed by atoms with Crippen molar-refractivity contribution in [2.24, 2.45) is 0 Å². The molecule has 1 aliphatic carbocycles. The van der Waals surface area contributed by atoms with Crippen LogP contribution in [0.25, 0.3) is 22.4 Å². The first-order valence-corrected chi connectivity index (χ1v) is 9.94. The third-order valence-corrected chi connectivity index (χ3v) is 5.63. The highest BCUT2D eigenvalue weighted by Gasteiger charge is 2.24. The number of nitrogens with one attached hydrogen (secondary N) is 1. The van der Waals surface area contributed by atoms with Crippen LogP contribution in [0.2, 0.25) is 0 Å². The third kappa shape index (κ3) is 2.88. The minimum Gasteiger partial charge on any atom is -0.474 e. The SMILES string of the molecule is c1ccc2nc(-c3ccc4c(n3)OCC(c3cnc5c(c3)CCC5)N4)cnc2c1. The number of nitrogens with zero attached hydrogens (tertiary/aromatic N) is 4. The molecule has 1 aliphatic heterocycles. The number of anilines is 1. The molecule has 142 valence electrons. The molecule has 6 nitrogen and oxygen atoms in total. The van der Waals surface area contributed by atoms with Crippen molar-refractivity contribution in [3.8, 4) is 17.3 Å². The lowest BCUT2D eigenvalue weighted by molar-refractivity contribution is 0.275. The maximum atomic E-state index is 6.01. The Kier molecular flexibility index (Phi) is 3.69. The summed E-state index contributed by atoms with van der Waals surface area (Å²) in [6, 6.07) is 14.1. The van der Waals surface area contributed by atoms with Crippen molar-refractivity contribution >= 4 is 16.7 Å². The molecule has 4 heterocycles. The quantitative estimate of drug-likeness (QED) is 0.563. The largest absolute Gasteiger partial charge is 0.474 e. The molecule has 3 aromatic heterocycles. The fourth-order valence-corrected chi connectivity index (χ4v) is 4.09.